The molecule has 36 heavy (non-hydrogen) atoms. The third-order valence-electron chi connectivity index (χ3n) is 6.04. The number of carbonyl (C=O) groups is 2. The highest BCUT2D eigenvalue weighted by Gasteiger charge is 2.30. The van der Waals surface area contributed by atoms with Gasteiger partial charge in [0.1, 0.15) is 11.8 Å². The number of aryl methyl sites for hydroxylation is 1. The Kier molecular flexibility index (Phi) is 10.8. The number of amides is 2. The highest BCUT2D eigenvalue weighted by atomic mass is 35.5. The highest BCUT2D eigenvalue weighted by Crippen LogP contribution is 2.19. The number of nitrogens with one attached hydrogen (secondary N) is 1. The molecule has 0 aromatic heterocycles. The number of hydrogen-bond acceptors (Lipinski definition) is 3. The molecule has 0 saturated heterocycles. The molecule has 1 atom stereocenters. The van der Waals surface area contributed by atoms with E-state index in [1.165, 1.54) is 0 Å². The van der Waals surface area contributed by atoms with Crippen LogP contribution in [0.4, 0.5) is 0 Å². The zero-order valence-corrected chi connectivity index (χ0v) is 21.8. The Morgan fingerprint density at radius 2 is 1.67 bits per heavy atom. The van der Waals surface area contributed by atoms with E-state index < -0.39 is 6.04 Å². The van der Waals surface area contributed by atoms with E-state index in [2.05, 4.69) is 5.32 Å². The van der Waals surface area contributed by atoms with Crippen LogP contribution in [-0.2, 0) is 22.6 Å². The third-order valence-corrected chi connectivity index (χ3v) is 6.29. The molecule has 0 aliphatic heterocycles. The van der Waals surface area contributed by atoms with Crippen LogP contribution in [0.1, 0.15) is 42.9 Å². The predicted octanol–water partition coefficient (Wildman–Crippen LogP) is 5.97. The first kappa shape index (κ1) is 27.3. The van der Waals surface area contributed by atoms with Gasteiger partial charge in [0, 0.05) is 31.0 Å². The van der Waals surface area contributed by atoms with Crippen molar-refractivity contribution >= 4 is 23.4 Å². The van der Waals surface area contributed by atoms with Gasteiger partial charge in [-0.3, -0.25) is 9.59 Å². The number of halogens is 1. The van der Waals surface area contributed by atoms with Crippen LogP contribution in [-0.4, -0.2) is 35.9 Å². The minimum absolute atomic E-state index is 0.0643. The first-order valence-corrected chi connectivity index (χ1v) is 12.9. The zero-order chi connectivity index (χ0) is 25.8. The van der Waals surface area contributed by atoms with Crippen molar-refractivity contribution in [2.24, 2.45) is 0 Å². The molecule has 0 spiro atoms. The van der Waals surface area contributed by atoms with E-state index in [9.17, 15) is 9.59 Å². The number of benzene rings is 3. The van der Waals surface area contributed by atoms with Crippen LogP contribution in [0.15, 0.2) is 78.9 Å². The van der Waals surface area contributed by atoms with Gasteiger partial charge in [0.2, 0.25) is 11.8 Å². The molecule has 6 heteroatoms. The molecule has 3 aromatic carbocycles. The molecule has 0 aliphatic carbocycles. The van der Waals surface area contributed by atoms with E-state index in [1.807, 2.05) is 80.6 Å². The maximum Gasteiger partial charge on any atom is 0.243 e. The van der Waals surface area contributed by atoms with Gasteiger partial charge in [-0.2, -0.15) is 0 Å². The topological polar surface area (TPSA) is 58.6 Å². The van der Waals surface area contributed by atoms with Gasteiger partial charge >= 0.3 is 0 Å². The Morgan fingerprint density at radius 3 is 2.36 bits per heavy atom. The Bertz CT molecular complexity index is 1100. The second-order valence-electron chi connectivity index (χ2n) is 8.85. The van der Waals surface area contributed by atoms with Crippen molar-refractivity contribution in [2.45, 2.75) is 52.1 Å². The van der Waals surface area contributed by atoms with E-state index in [0.717, 1.165) is 23.1 Å². The fourth-order valence-electron chi connectivity index (χ4n) is 3.98. The SMILES string of the molecule is CCCNC(=O)C(Cc1ccccc1)N(Cc1ccccc1C)C(=O)CCCOc1ccc(Cl)cc1. The largest absolute Gasteiger partial charge is 0.494 e. The molecule has 0 bridgehead atoms. The van der Waals surface area contributed by atoms with Crippen LogP contribution < -0.4 is 10.1 Å². The zero-order valence-electron chi connectivity index (χ0n) is 21.1. The lowest BCUT2D eigenvalue weighted by atomic mass is 10.0. The molecule has 1 unspecified atom stereocenters. The van der Waals surface area contributed by atoms with Gasteiger partial charge in [-0.25, -0.2) is 0 Å². The Hall–Kier alpha value is -3.31. The molecule has 0 heterocycles. The molecule has 3 aromatic rings. The number of rotatable bonds is 13. The maximum atomic E-state index is 13.6. The quantitative estimate of drug-likeness (QED) is 0.290. The van der Waals surface area contributed by atoms with E-state index in [0.29, 0.717) is 43.3 Å². The van der Waals surface area contributed by atoms with Gasteiger partial charge in [0.25, 0.3) is 0 Å². The molecule has 2 amide bonds. The summed E-state index contributed by atoms with van der Waals surface area (Å²) in [7, 11) is 0. The molecule has 1 N–H and O–H groups in total. The Balaban J connectivity index is 1.78. The fraction of sp³-hybridized carbons (Fsp3) is 0.333. The van der Waals surface area contributed by atoms with E-state index in [-0.39, 0.29) is 18.2 Å². The van der Waals surface area contributed by atoms with Crippen LogP contribution >= 0.6 is 11.6 Å². The van der Waals surface area contributed by atoms with Crippen LogP contribution in [0.2, 0.25) is 5.02 Å². The third kappa shape index (κ3) is 8.42. The van der Waals surface area contributed by atoms with Gasteiger partial charge in [-0.1, -0.05) is 73.1 Å². The summed E-state index contributed by atoms with van der Waals surface area (Å²) in [5, 5.41) is 3.66. The Morgan fingerprint density at radius 1 is 0.972 bits per heavy atom. The molecular weight excluding hydrogens is 472 g/mol. The van der Waals surface area contributed by atoms with Gasteiger partial charge in [0.05, 0.1) is 6.61 Å². The van der Waals surface area contributed by atoms with Gasteiger partial charge < -0.3 is 15.0 Å². The molecule has 0 fully saturated rings. The molecule has 0 aliphatic rings. The van der Waals surface area contributed by atoms with Crippen molar-refractivity contribution in [1.29, 1.82) is 0 Å². The van der Waals surface area contributed by atoms with E-state index >= 15 is 0 Å². The second-order valence-corrected chi connectivity index (χ2v) is 9.29. The average molecular weight is 507 g/mol. The summed E-state index contributed by atoms with van der Waals surface area (Å²) in [4.78, 5) is 28.7. The molecule has 190 valence electrons. The van der Waals surface area contributed by atoms with E-state index in [1.54, 1.807) is 17.0 Å². The molecular formula is C30H35ClN2O3. The summed E-state index contributed by atoms with van der Waals surface area (Å²) < 4.78 is 5.78. The van der Waals surface area contributed by atoms with Gasteiger partial charge in [-0.05, 0) is 60.7 Å². The Labute approximate surface area is 219 Å². The summed E-state index contributed by atoms with van der Waals surface area (Å²) in [6.45, 7) is 5.40. The maximum absolute atomic E-state index is 13.6. The number of nitrogens with zero attached hydrogens (tertiary/aromatic N) is 1. The summed E-state index contributed by atoms with van der Waals surface area (Å²) in [6, 6.07) is 24.4. The number of hydrogen-bond donors (Lipinski definition) is 1. The van der Waals surface area contributed by atoms with Gasteiger partial charge in [-0.15, -0.1) is 0 Å². The molecule has 0 saturated carbocycles. The van der Waals surface area contributed by atoms with Crippen LogP contribution in [0, 0.1) is 6.92 Å². The standard InChI is InChI=1S/C30H35ClN2O3/c1-3-19-32-30(35)28(21-24-11-5-4-6-12-24)33(22-25-13-8-7-10-23(25)2)29(34)14-9-20-36-27-17-15-26(31)16-18-27/h4-8,10-13,15-18,28H,3,9,14,19-22H2,1-2H3,(H,32,35). The first-order chi connectivity index (χ1) is 17.5. The van der Waals surface area contributed by atoms with Crippen LogP contribution in [0.5, 0.6) is 5.75 Å². The first-order valence-electron chi connectivity index (χ1n) is 12.5. The minimum atomic E-state index is -0.608. The highest BCUT2D eigenvalue weighted by molar-refractivity contribution is 6.30. The monoisotopic (exact) mass is 506 g/mol. The summed E-state index contributed by atoms with van der Waals surface area (Å²) in [6.07, 6.45) is 2.11. The van der Waals surface area contributed by atoms with Crippen molar-refractivity contribution in [3.8, 4) is 5.75 Å². The van der Waals surface area contributed by atoms with Crippen LogP contribution in [0.25, 0.3) is 0 Å². The normalized spacial score (nSPS) is 11.5. The lowest BCUT2D eigenvalue weighted by Gasteiger charge is -2.32. The number of carbonyl (C=O) groups excluding carboxylic acids is 2. The van der Waals surface area contributed by atoms with Crippen molar-refractivity contribution < 1.29 is 14.3 Å². The summed E-state index contributed by atoms with van der Waals surface area (Å²) in [5.41, 5.74) is 3.14. The van der Waals surface area contributed by atoms with Crippen LogP contribution in [0.3, 0.4) is 0 Å². The van der Waals surface area contributed by atoms with Gasteiger partial charge in [0.15, 0.2) is 0 Å². The predicted molar refractivity (Wildman–Crippen MR) is 145 cm³/mol. The van der Waals surface area contributed by atoms with Crippen molar-refractivity contribution in [1.82, 2.24) is 10.2 Å². The lowest BCUT2D eigenvalue weighted by Crippen LogP contribution is -2.50. The molecule has 3 rings (SSSR count). The average Bonchev–Trinajstić information content (AvgIpc) is 2.89. The second kappa shape index (κ2) is 14.3. The minimum Gasteiger partial charge on any atom is -0.494 e. The smallest absolute Gasteiger partial charge is 0.243 e. The summed E-state index contributed by atoms with van der Waals surface area (Å²) in [5.74, 6) is 0.523. The lowest BCUT2D eigenvalue weighted by molar-refractivity contribution is -0.141. The number of ether oxygens (including phenoxy) is 1. The van der Waals surface area contributed by atoms with Crippen molar-refractivity contribution in [3.05, 3.63) is 101 Å². The van der Waals surface area contributed by atoms with Crippen molar-refractivity contribution in [2.75, 3.05) is 13.2 Å². The fourth-order valence-corrected chi connectivity index (χ4v) is 4.10. The molecule has 0 radical (unpaired) electrons. The summed E-state index contributed by atoms with van der Waals surface area (Å²) >= 11 is 5.93. The van der Waals surface area contributed by atoms with E-state index in [4.69, 9.17) is 16.3 Å². The molecule has 5 nitrogen and oxygen atoms in total. The van der Waals surface area contributed by atoms with Crippen molar-refractivity contribution in [3.63, 3.8) is 0 Å².